The maximum absolute atomic E-state index is 12.6. The van der Waals surface area contributed by atoms with Crippen LogP contribution in [0, 0.1) is 0 Å². The number of hydrogen-bond donors (Lipinski definition) is 1. The molecule has 26 heavy (non-hydrogen) atoms. The van der Waals surface area contributed by atoms with Crippen LogP contribution in [0.15, 0.2) is 4.52 Å². The summed E-state index contributed by atoms with van der Waals surface area (Å²) in [5.74, 6) is 1.76. The molecule has 0 spiro atoms. The number of likely N-dealkylation sites (tertiary alicyclic amines) is 1. The quantitative estimate of drug-likeness (QED) is 0.843. The first kappa shape index (κ1) is 17.8. The minimum Gasteiger partial charge on any atom is -0.339 e. The highest BCUT2D eigenvalue weighted by molar-refractivity contribution is 5.75. The van der Waals surface area contributed by atoms with Gasteiger partial charge in [0.2, 0.25) is 5.89 Å². The maximum Gasteiger partial charge on any atom is 0.318 e. The summed E-state index contributed by atoms with van der Waals surface area (Å²) in [4.78, 5) is 21.3. The van der Waals surface area contributed by atoms with Gasteiger partial charge in [-0.1, -0.05) is 24.4 Å². The molecule has 0 atom stereocenters. The Balaban J connectivity index is 1.27. The Morgan fingerprint density at radius 3 is 2.65 bits per heavy atom. The first-order chi connectivity index (χ1) is 12.6. The second kappa shape index (κ2) is 7.55. The van der Waals surface area contributed by atoms with E-state index in [-0.39, 0.29) is 11.6 Å². The molecule has 3 fully saturated rings. The first-order valence-corrected chi connectivity index (χ1v) is 10.2. The van der Waals surface area contributed by atoms with Gasteiger partial charge in [-0.15, -0.1) is 0 Å². The van der Waals surface area contributed by atoms with Crippen molar-refractivity contribution in [1.82, 2.24) is 25.3 Å². The lowest BCUT2D eigenvalue weighted by atomic mass is 10.1. The molecule has 144 valence electrons. The van der Waals surface area contributed by atoms with Crippen LogP contribution < -0.4 is 5.32 Å². The van der Waals surface area contributed by atoms with Crippen molar-refractivity contribution < 1.29 is 9.32 Å². The maximum atomic E-state index is 12.6. The number of carbonyl (C=O) groups excluding carboxylic acids is 1. The molecule has 7 nitrogen and oxygen atoms in total. The molecule has 2 saturated carbocycles. The topological polar surface area (TPSA) is 74.5 Å². The van der Waals surface area contributed by atoms with Crippen molar-refractivity contribution in [1.29, 1.82) is 0 Å². The van der Waals surface area contributed by atoms with Gasteiger partial charge >= 0.3 is 6.03 Å². The van der Waals surface area contributed by atoms with Gasteiger partial charge < -0.3 is 19.6 Å². The highest BCUT2D eigenvalue weighted by Gasteiger charge is 2.45. The Bertz CT molecular complexity index is 615. The summed E-state index contributed by atoms with van der Waals surface area (Å²) in [6.07, 6.45) is 10.8. The molecular formula is C19H31N5O2. The van der Waals surface area contributed by atoms with Gasteiger partial charge in [0.15, 0.2) is 5.82 Å². The van der Waals surface area contributed by atoms with E-state index in [4.69, 9.17) is 4.52 Å². The Morgan fingerprint density at radius 2 is 1.96 bits per heavy atom. The number of carbonyl (C=O) groups is 1. The number of piperidine rings is 1. The smallest absolute Gasteiger partial charge is 0.318 e. The number of aromatic nitrogens is 2. The van der Waals surface area contributed by atoms with E-state index in [1.165, 1.54) is 45.2 Å². The zero-order chi connectivity index (χ0) is 18.0. The molecule has 2 aliphatic carbocycles. The second-order valence-electron chi connectivity index (χ2n) is 8.43. The van der Waals surface area contributed by atoms with E-state index < -0.39 is 0 Å². The fourth-order valence-electron chi connectivity index (χ4n) is 4.30. The normalized spacial score (nSPS) is 23.1. The van der Waals surface area contributed by atoms with E-state index in [0.29, 0.717) is 18.3 Å². The zero-order valence-electron chi connectivity index (χ0n) is 15.9. The lowest BCUT2D eigenvalue weighted by molar-refractivity contribution is 0.177. The van der Waals surface area contributed by atoms with Crippen molar-refractivity contribution in [2.24, 2.45) is 0 Å². The molecule has 2 heterocycles. The Morgan fingerprint density at radius 1 is 1.23 bits per heavy atom. The Hall–Kier alpha value is -1.63. The minimum atomic E-state index is -0.0354. The SMILES string of the molecule is CN(Cc1noc(C2CCCC2)n1)C(=O)NC1(CN2CCCCC2)CC1. The lowest BCUT2D eigenvalue weighted by Gasteiger charge is -2.31. The summed E-state index contributed by atoms with van der Waals surface area (Å²) >= 11 is 0. The fraction of sp³-hybridized carbons (Fsp3) is 0.842. The molecule has 1 aliphatic heterocycles. The fourth-order valence-corrected chi connectivity index (χ4v) is 4.30. The molecule has 4 rings (SSSR count). The van der Waals surface area contributed by atoms with Crippen molar-refractivity contribution in [2.45, 2.75) is 75.8 Å². The van der Waals surface area contributed by atoms with Crippen molar-refractivity contribution in [2.75, 3.05) is 26.7 Å². The molecule has 0 unspecified atom stereocenters. The summed E-state index contributed by atoms with van der Waals surface area (Å²) < 4.78 is 5.42. The summed E-state index contributed by atoms with van der Waals surface area (Å²) in [5, 5.41) is 7.33. The van der Waals surface area contributed by atoms with Gasteiger partial charge in [-0.2, -0.15) is 4.98 Å². The predicted octanol–water partition coefficient (Wildman–Crippen LogP) is 2.89. The molecule has 3 aliphatic rings. The van der Waals surface area contributed by atoms with Crippen LogP contribution >= 0.6 is 0 Å². The van der Waals surface area contributed by atoms with Gasteiger partial charge in [0.05, 0.1) is 12.1 Å². The predicted molar refractivity (Wildman–Crippen MR) is 97.8 cm³/mol. The average Bonchev–Trinajstić information content (AvgIpc) is 3.06. The van der Waals surface area contributed by atoms with E-state index in [2.05, 4.69) is 20.4 Å². The summed E-state index contributed by atoms with van der Waals surface area (Å²) in [5.41, 5.74) is -0.0189. The van der Waals surface area contributed by atoms with Crippen LogP contribution in [0.3, 0.4) is 0 Å². The molecule has 0 radical (unpaired) electrons. The highest BCUT2D eigenvalue weighted by atomic mass is 16.5. The monoisotopic (exact) mass is 361 g/mol. The molecule has 2 amide bonds. The molecule has 7 heteroatoms. The molecule has 0 bridgehead atoms. The Labute approximate surface area is 155 Å². The van der Waals surface area contributed by atoms with Crippen molar-refractivity contribution in [3.05, 3.63) is 11.7 Å². The minimum absolute atomic E-state index is 0.0189. The molecule has 1 saturated heterocycles. The van der Waals surface area contributed by atoms with Gasteiger partial charge in [0.1, 0.15) is 0 Å². The summed E-state index contributed by atoms with van der Waals surface area (Å²) in [6, 6.07) is -0.0354. The third kappa shape index (κ3) is 4.19. The number of urea groups is 1. The van der Waals surface area contributed by atoms with Crippen LogP contribution in [0.25, 0.3) is 0 Å². The lowest BCUT2D eigenvalue weighted by Crippen LogP contribution is -2.50. The van der Waals surface area contributed by atoms with E-state index in [1.807, 2.05) is 0 Å². The molecule has 1 aromatic heterocycles. The van der Waals surface area contributed by atoms with Crippen molar-refractivity contribution >= 4 is 6.03 Å². The van der Waals surface area contributed by atoms with Gasteiger partial charge in [-0.25, -0.2) is 4.79 Å². The zero-order valence-corrected chi connectivity index (χ0v) is 15.9. The highest BCUT2D eigenvalue weighted by Crippen LogP contribution is 2.37. The molecule has 1 N–H and O–H groups in total. The van der Waals surface area contributed by atoms with E-state index in [9.17, 15) is 4.79 Å². The number of nitrogens with one attached hydrogen (secondary N) is 1. The van der Waals surface area contributed by atoms with Crippen LogP contribution in [0.5, 0.6) is 0 Å². The largest absolute Gasteiger partial charge is 0.339 e. The summed E-state index contributed by atoms with van der Waals surface area (Å²) in [7, 11) is 1.80. The number of rotatable bonds is 6. The van der Waals surface area contributed by atoms with Crippen LogP contribution in [0.1, 0.15) is 75.4 Å². The molecule has 0 aromatic carbocycles. The number of amides is 2. The third-order valence-corrected chi connectivity index (χ3v) is 6.11. The van der Waals surface area contributed by atoms with Gasteiger partial charge in [0, 0.05) is 19.5 Å². The average molecular weight is 361 g/mol. The number of nitrogens with zero attached hydrogens (tertiary/aromatic N) is 4. The molecular weight excluding hydrogens is 330 g/mol. The third-order valence-electron chi connectivity index (χ3n) is 6.11. The van der Waals surface area contributed by atoms with Gasteiger partial charge in [0.25, 0.3) is 0 Å². The van der Waals surface area contributed by atoms with Crippen LogP contribution in [-0.2, 0) is 6.54 Å². The van der Waals surface area contributed by atoms with Gasteiger partial charge in [-0.3, -0.25) is 0 Å². The second-order valence-corrected chi connectivity index (χ2v) is 8.43. The number of hydrogen-bond acceptors (Lipinski definition) is 5. The standard InChI is InChI=1S/C19H31N5O2/c1-23(13-16-20-17(26-22-16)15-7-3-4-8-15)18(25)21-19(9-10-19)14-24-11-5-2-6-12-24/h15H,2-14H2,1H3,(H,21,25). The summed E-state index contributed by atoms with van der Waals surface area (Å²) in [6.45, 7) is 3.71. The van der Waals surface area contributed by atoms with E-state index in [0.717, 1.165) is 38.1 Å². The van der Waals surface area contributed by atoms with E-state index >= 15 is 0 Å². The van der Waals surface area contributed by atoms with E-state index in [1.54, 1.807) is 11.9 Å². The molecule has 1 aromatic rings. The van der Waals surface area contributed by atoms with Gasteiger partial charge in [-0.05, 0) is 51.6 Å². The van der Waals surface area contributed by atoms with Crippen LogP contribution in [-0.4, -0.2) is 58.2 Å². The van der Waals surface area contributed by atoms with Crippen LogP contribution in [0.4, 0.5) is 4.79 Å². The van der Waals surface area contributed by atoms with Crippen LogP contribution in [0.2, 0.25) is 0 Å². The first-order valence-electron chi connectivity index (χ1n) is 10.2. The van der Waals surface area contributed by atoms with Crippen molar-refractivity contribution in [3.8, 4) is 0 Å². The van der Waals surface area contributed by atoms with Crippen molar-refractivity contribution in [3.63, 3.8) is 0 Å². The Kier molecular flexibility index (Phi) is 5.16.